The number of benzene rings is 1. The molecule has 0 amide bonds. The molecule has 5 unspecified atom stereocenters. The SMILES string of the molecule is COCCCOc1cc(C(O)C(CC(N=[N+]=[N-])C2CC(C(C)C)C(=O)O2)C(C)C)ccc1C. The van der Waals surface area contributed by atoms with E-state index in [2.05, 4.69) is 10.0 Å². The Kier molecular flexibility index (Phi) is 10.5. The highest BCUT2D eigenvalue weighted by atomic mass is 16.6. The number of aryl methyl sites for hydroxylation is 1. The van der Waals surface area contributed by atoms with E-state index in [0.29, 0.717) is 26.1 Å². The summed E-state index contributed by atoms with van der Waals surface area (Å²) in [5.74, 6) is 0.396. The van der Waals surface area contributed by atoms with Crippen LogP contribution in [0.4, 0.5) is 0 Å². The predicted octanol–water partition coefficient (Wildman–Crippen LogP) is 5.37. The van der Waals surface area contributed by atoms with Crippen LogP contribution < -0.4 is 4.74 Å². The van der Waals surface area contributed by atoms with Crippen molar-refractivity contribution in [3.05, 3.63) is 39.8 Å². The van der Waals surface area contributed by atoms with E-state index in [9.17, 15) is 9.90 Å². The molecular formula is C25H39N3O5. The van der Waals surface area contributed by atoms with Crippen molar-refractivity contribution >= 4 is 5.97 Å². The fourth-order valence-corrected chi connectivity index (χ4v) is 4.38. The van der Waals surface area contributed by atoms with Crippen molar-refractivity contribution in [3.8, 4) is 5.75 Å². The summed E-state index contributed by atoms with van der Waals surface area (Å²) in [6.07, 6.45) is 0.491. The van der Waals surface area contributed by atoms with Crippen molar-refractivity contribution in [2.75, 3.05) is 20.3 Å². The lowest BCUT2D eigenvalue weighted by atomic mass is 9.80. The monoisotopic (exact) mass is 461 g/mol. The number of hydrogen-bond donors (Lipinski definition) is 1. The van der Waals surface area contributed by atoms with Gasteiger partial charge < -0.3 is 19.3 Å². The summed E-state index contributed by atoms with van der Waals surface area (Å²) < 4.78 is 16.6. The molecule has 1 aliphatic heterocycles. The van der Waals surface area contributed by atoms with Crippen LogP contribution in [-0.4, -0.2) is 43.5 Å². The van der Waals surface area contributed by atoms with Crippen molar-refractivity contribution in [1.29, 1.82) is 0 Å². The highest BCUT2D eigenvalue weighted by molar-refractivity contribution is 5.75. The summed E-state index contributed by atoms with van der Waals surface area (Å²) in [7, 11) is 1.66. The number of carbonyl (C=O) groups excluding carboxylic acids is 1. The third-order valence-electron chi connectivity index (χ3n) is 6.57. The Morgan fingerprint density at radius 1 is 1.27 bits per heavy atom. The minimum absolute atomic E-state index is 0.113. The van der Waals surface area contributed by atoms with Crippen LogP contribution in [0.3, 0.4) is 0 Å². The van der Waals surface area contributed by atoms with Crippen molar-refractivity contribution in [1.82, 2.24) is 0 Å². The molecule has 0 spiro atoms. The number of methoxy groups -OCH3 is 1. The van der Waals surface area contributed by atoms with Gasteiger partial charge in [0.1, 0.15) is 11.9 Å². The van der Waals surface area contributed by atoms with Gasteiger partial charge in [0.05, 0.1) is 24.7 Å². The third-order valence-corrected chi connectivity index (χ3v) is 6.57. The van der Waals surface area contributed by atoms with Crippen LogP contribution in [0.15, 0.2) is 23.3 Å². The molecule has 1 aromatic rings. The smallest absolute Gasteiger partial charge is 0.309 e. The molecule has 0 aromatic heterocycles. The molecule has 0 radical (unpaired) electrons. The fourth-order valence-electron chi connectivity index (χ4n) is 4.38. The summed E-state index contributed by atoms with van der Waals surface area (Å²) in [6, 6.07) is 5.21. The van der Waals surface area contributed by atoms with Crippen LogP contribution in [0.2, 0.25) is 0 Å². The van der Waals surface area contributed by atoms with Crippen molar-refractivity contribution in [2.45, 2.75) is 72.1 Å². The Balaban J connectivity index is 2.19. The average Bonchev–Trinajstić information content (AvgIpc) is 3.16. The molecule has 184 valence electrons. The average molecular weight is 462 g/mol. The summed E-state index contributed by atoms with van der Waals surface area (Å²) in [4.78, 5) is 15.3. The van der Waals surface area contributed by atoms with Crippen LogP contribution in [0.1, 0.15) is 64.2 Å². The molecule has 1 heterocycles. The lowest BCUT2D eigenvalue weighted by molar-refractivity contribution is -0.146. The molecule has 1 aromatic carbocycles. The molecule has 1 fully saturated rings. The maximum atomic E-state index is 12.3. The third kappa shape index (κ3) is 7.36. The Morgan fingerprint density at radius 2 is 2.00 bits per heavy atom. The van der Waals surface area contributed by atoms with E-state index < -0.39 is 18.2 Å². The fraction of sp³-hybridized carbons (Fsp3) is 0.720. The van der Waals surface area contributed by atoms with Crippen molar-refractivity contribution in [2.24, 2.45) is 28.8 Å². The second kappa shape index (κ2) is 12.8. The highest BCUT2D eigenvalue weighted by Gasteiger charge is 2.41. The summed E-state index contributed by atoms with van der Waals surface area (Å²) in [5.41, 5.74) is 10.9. The quantitative estimate of drug-likeness (QED) is 0.139. The molecule has 2 rings (SSSR count). The number of aliphatic hydroxyl groups is 1. The van der Waals surface area contributed by atoms with Gasteiger partial charge in [-0.1, -0.05) is 44.9 Å². The molecule has 0 bridgehead atoms. The zero-order valence-corrected chi connectivity index (χ0v) is 20.7. The van der Waals surface area contributed by atoms with Gasteiger partial charge in [0, 0.05) is 25.0 Å². The minimum Gasteiger partial charge on any atom is -0.493 e. The van der Waals surface area contributed by atoms with Gasteiger partial charge in [0.15, 0.2) is 0 Å². The number of aliphatic hydroxyl groups excluding tert-OH is 1. The van der Waals surface area contributed by atoms with Gasteiger partial charge in [-0.2, -0.15) is 0 Å². The first-order valence-corrected chi connectivity index (χ1v) is 11.8. The van der Waals surface area contributed by atoms with Crippen LogP contribution in [0.25, 0.3) is 10.4 Å². The number of nitrogens with zero attached hydrogens (tertiary/aromatic N) is 3. The topological polar surface area (TPSA) is 114 Å². The Hall–Kier alpha value is -2.28. The molecular weight excluding hydrogens is 422 g/mol. The van der Waals surface area contributed by atoms with E-state index in [0.717, 1.165) is 23.3 Å². The van der Waals surface area contributed by atoms with Crippen molar-refractivity contribution < 1.29 is 24.1 Å². The highest BCUT2D eigenvalue weighted by Crippen LogP contribution is 2.38. The van der Waals surface area contributed by atoms with Crippen LogP contribution in [0.5, 0.6) is 5.75 Å². The maximum Gasteiger partial charge on any atom is 0.309 e. The minimum atomic E-state index is -0.777. The molecule has 5 atom stereocenters. The largest absolute Gasteiger partial charge is 0.493 e. The summed E-state index contributed by atoms with van der Waals surface area (Å²) in [6.45, 7) is 11.2. The molecule has 0 aliphatic carbocycles. The molecule has 8 nitrogen and oxygen atoms in total. The summed E-state index contributed by atoms with van der Waals surface area (Å²) >= 11 is 0. The van der Waals surface area contributed by atoms with E-state index in [1.165, 1.54) is 0 Å². The van der Waals surface area contributed by atoms with Gasteiger partial charge in [-0.15, -0.1) is 0 Å². The first kappa shape index (κ1) is 27.0. The van der Waals surface area contributed by atoms with Gasteiger partial charge in [0.25, 0.3) is 0 Å². The molecule has 1 saturated heterocycles. The lowest BCUT2D eigenvalue weighted by Gasteiger charge is -2.31. The van der Waals surface area contributed by atoms with E-state index >= 15 is 0 Å². The second-order valence-electron chi connectivity index (χ2n) is 9.64. The van der Waals surface area contributed by atoms with Gasteiger partial charge in [0.2, 0.25) is 0 Å². The first-order valence-electron chi connectivity index (χ1n) is 11.8. The number of hydrogen-bond acceptors (Lipinski definition) is 6. The molecule has 33 heavy (non-hydrogen) atoms. The normalized spacial score (nSPS) is 20.9. The molecule has 1 N–H and O–H groups in total. The number of esters is 1. The zero-order valence-electron chi connectivity index (χ0n) is 20.7. The summed E-state index contributed by atoms with van der Waals surface area (Å²) in [5, 5.41) is 15.3. The van der Waals surface area contributed by atoms with Crippen LogP contribution in [-0.2, 0) is 14.3 Å². The van der Waals surface area contributed by atoms with Crippen molar-refractivity contribution in [3.63, 3.8) is 0 Å². The number of azide groups is 1. The second-order valence-corrected chi connectivity index (χ2v) is 9.64. The maximum absolute atomic E-state index is 12.3. The predicted molar refractivity (Wildman–Crippen MR) is 127 cm³/mol. The number of ether oxygens (including phenoxy) is 3. The van der Waals surface area contributed by atoms with E-state index in [-0.39, 0.29) is 29.6 Å². The standard InChI is InChI=1S/C25H39N3O5/c1-15(2)19(13-21(27-28-26)23-14-20(16(3)4)25(30)33-23)24(29)18-9-8-17(5)22(12-18)32-11-7-10-31-6/h8-9,12,15-16,19-21,23-24,29H,7,10-11,13-14H2,1-6H3. The molecule has 0 saturated carbocycles. The van der Waals surface area contributed by atoms with Gasteiger partial charge in [-0.3, -0.25) is 4.79 Å². The lowest BCUT2D eigenvalue weighted by Crippen LogP contribution is -2.31. The number of rotatable bonds is 13. The Morgan fingerprint density at radius 3 is 2.58 bits per heavy atom. The number of cyclic esters (lactones) is 1. The van der Waals surface area contributed by atoms with Gasteiger partial charge in [-0.25, -0.2) is 0 Å². The van der Waals surface area contributed by atoms with Gasteiger partial charge in [-0.05, 0) is 60.2 Å². The Bertz CT molecular complexity index is 822. The number of carbonyl (C=O) groups is 1. The molecule has 1 aliphatic rings. The Labute approximate surface area is 197 Å². The van der Waals surface area contributed by atoms with Crippen LogP contribution >= 0.6 is 0 Å². The van der Waals surface area contributed by atoms with Crippen LogP contribution in [0, 0.1) is 30.6 Å². The van der Waals surface area contributed by atoms with Gasteiger partial charge >= 0.3 is 5.97 Å². The zero-order chi connectivity index (χ0) is 24.5. The molecule has 8 heteroatoms. The van der Waals surface area contributed by atoms with E-state index in [1.807, 2.05) is 52.8 Å². The first-order chi connectivity index (χ1) is 15.7. The van der Waals surface area contributed by atoms with E-state index in [1.54, 1.807) is 7.11 Å². The van der Waals surface area contributed by atoms with E-state index in [4.69, 9.17) is 19.7 Å².